The van der Waals surface area contributed by atoms with Gasteiger partial charge in [-0.15, -0.1) is 0 Å². The lowest BCUT2D eigenvalue weighted by atomic mass is 10.3. The number of amides is 2. The Morgan fingerprint density at radius 3 is 2.50 bits per heavy atom. The van der Waals surface area contributed by atoms with Crippen LogP contribution < -0.4 is 5.32 Å². The summed E-state index contributed by atoms with van der Waals surface area (Å²) in [5.74, 6) is -0.844. The number of carbonyl (C=O) groups is 2. The number of likely N-dealkylation sites (N-methyl/N-ethyl adjacent to an activating group) is 1. The van der Waals surface area contributed by atoms with E-state index in [9.17, 15) is 9.59 Å². The predicted molar refractivity (Wildman–Crippen MR) is 62.3 cm³/mol. The van der Waals surface area contributed by atoms with Crippen LogP contribution in [0.25, 0.3) is 0 Å². The van der Waals surface area contributed by atoms with Crippen molar-refractivity contribution in [3.05, 3.63) is 12.2 Å². The van der Waals surface area contributed by atoms with Gasteiger partial charge in [0.1, 0.15) is 0 Å². The second-order valence-corrected chi connectivity index (χ2v) is 3.70. The van der Waals surface area contributed by atoms with Crippen molar-refractivity contribution in [1.29, 1.82) is 0 Å². The first-order valence-electron chi connectivity index (χ1n) is 5.36. The zero-order valence-corrected chi connectivity index (χ0v) is 9.95. The molecule has 0 aliphatic rings. The van der Waals surface area contributed by atoms with Gasteiger partial charge in [-0.3, -0.25) is 4.79 Å². The van der Waals surface area contributed by atoms with Crippen LogP contribution in [-0.2, 0) is 4.79 Å². The molecule has 5 nitrogen and oxygen atoms in total. The fourth-order valence-electron chi connectivity index (χ4n) is 1.20. The van der Waals surface area contributed by atoms with Gasteiger partial charge in [0.2, 0.25) is 0 Å². The third-order valence-electron chi connectivity index (χ3n) is 1.97. The molecule has 0 atom stereocenters. The van der Waals surface area contributed by atoms with Crippen molar-refractivity contribution in [2.45, 2.75) is 26.7 Å². The van der Waals surface area contributed by atoms with Crippen LogP contribution in [-0.4, -0.2) is 41.6 Å². The molecule has 0 rings (SSSR count). The maximum atomic E-state index is 11.6. The van der Waals surface area contributed by atoms with Crippen LogP contribution in [0.5, 0.6) is 0 Å². The Morgan fingerprint density at radius 1 is 1.44 bits per heavy atom. The first-order chi connectivity index (χ1) is 7.47. The lowest BCUT2D eigenvalue weighted by molar-refractivity contribution is -0.137. The summed E-state index contributed by atoms with van der Waals surface area (Å²) >= 11 is 0. The van der Waals surface area contributed by atoms with Crippen molar-refractivity contribution in [2.75, 3.05) is 19.6 Å². The zero-order chi connectivity index (χ0) is 12.6. The Hall–Kier alpha value is -1.52. The molecule has 0 spiro atoms. The topological polar surface area (TPSA) is 69.6 Å². The molecule has 0 aliphatic heterocycles. The molecule has 0 saturated carbocycles. The minimum atomic E-state index is -0.844. The predicted octanol–water partition coefficient (Wildman–Crippen LogP) is 1.46. The molecular formula is C11H20N2O3. The van der Waals surface area contributed by atoms with Crippen LogP contribution in [0.1, 0.15) is 26.7 Å². The maximum absolute atomic E-state index is 11.6. The van der Waals surface area contributed by atoms with Crippen molar-refractivity contribution < 1.29 is 14.7 Å². The number of hydrogen-bond donors (Lipinski definition) is 2. The average molecular weight is 228 g/mol. The van der Waals surface area contributed by atoms with Crippen LogP contribution >= 0.6 is 0 Å². The fraction of sp³-hybridized carbons (Fsp3) is 0.636. The number of hydrogen-bond acceptors (Lipinski definition) is 2. The number of nitrogens with one attached hydrogen (secondary N) is 1. The van der Waals surface area contributed by atoms with Crippen LogP contribution in [0, 0.1) is 0 Å². The highest BCUT2D eigenvalue weighted by Crippen LogP contribution is 1.96. The van der Waals surface area contributed by atoms with Gasteiger partial charge in [-0.1, -0.05) is 12.2 Å². The highest BCUT2D eigenvalue weighted by molar-refractivity contribution is 5.74. The smallest absolute Gasteiger partial charge is 0.317 e. The summed E-state index contributed by atoms with van der Waals surface area (Å²) in [4.78, 5) is 23.5. The van der Waals surface area contributed by atoms with Gasteiger partial charge in [0.05, 0.1) is 0 Å². The Kier molecular flexibility index (Phi) is 7.00. The molecule has 92 valence electrons. The van der Waals surface area contributed by atoms with Gasteiger partial charge in [-0.05, 0) is 20.3 Å². The molecule has 0 aromatic rings. The van der Waals surface area contributed by atoms with E-state index in [1.54, 1.807) is 4.90 Å². The SMILES string of the molecule is C=C(C)CN(CC)C(=O)NCCCC(=O)O. The van der Waals surface area contributed by atoms with E-state index in [4.69, 9.17) is 5.11 Å². The van der Waals surface area contributed by atoms with Crippen molar-refractivity contribution in [3.63, 3.8) is 0 Å². The van der Waals surface area contributed by atoms with Gasteiger partial charge in [0, 0.05) is 26.1 Å². The van der Waals surface area contributed by atoms with E-state index in [-0.39, 0.29) is 12.5 Å². The first kappa shape index (κ1) is 14.5. The zero-order valence-electron chi connectivity index (χ0n) is 9.95. The second kappa shape index (κ2) is 7.73. The van der Waals surface area contributed by atoms with E-state index in [2.05, 4.69) is 11.9 Å². The Labute approximate surface area is 96.1 Å². The van der Waals surface area contributed by atoms with Gasteiger partial charge in [0.25, 0.3) is 0 Å². The molecule has 0 bridgehead atoms. The molecule has 16 heavy (non-hydrogen) atoms. The van der Waals surface area contributed by atoms with Gasteiger partial charge >= 0.3 is 12.0 Å². The van der Waals surface area contributed by atoms with E-state index in [0.717, 1.165) is 5.57 Å². The Balaban J connectivity index is 3.84. The average Bonchev–Trinajstić information content (AvgIpc) is 2.20. The van der Waals surface area contributed by atoms with E-state index >= 15 is 0 Å². The summed E-state index contributed by atoms with van der Waals surface area (Å²) < 4.78 is 0. The molecule has 0 fully saturated rings. The summed E-state index contributed by atoms with van der Waals surface area (Å²) in [5.41, 5.74) is 0.919. The molecular weight excluding hydrogens is 208 g/mol. The molecule has 0 unspecified atom stereocenters. The Morgan fingerprint density at radius 2 is 2.06 bits per heavy atom. The third-order valence-corrected chi connectivity index (χ3v) is 1.97. The molecule has 2 N–H and O–H groups in total. The molecule has 5 heteroatoms. The van der Waals surface area contributed by atoms with Crippen LogP contribution in [0.4, 0.5) is 4.79 Å². The number of nitrogens with zero attached hydrogens (tertiary/aromatic N) is 1. The Bertz CT molecular complexity index is 264. The van der Waals surface area contributed by atoms with Gasteiger partial charge in [0.15, 0.2) is 0 Å². The number of urea groups is 1. The summed E-state index contributed by atoms with van der Waals surface area (Å²) in [5, 5.41) is 11.1. The molecule has 0 heterocycles. The quantitative estimate of drug-likeness (QED) is 0.512. The van der Waals surface area contributed by atoms with E-state index in [0.29, 0.717) is 26.1 Å². The van der Waals surface area contributed by atoms with Crippen molar-refractivity contribution in [2.24, 2.45) is 0 Å². The molecule has 0 saturated heterocycles. The molecule has 2 amide bonds. The summed E-state index contributed by atoms with van der Waals surface area (Å²) in [6.07, 6.45) is 0.526. The normalized spacial score (nSPS) is 9.62. The van der Waals surface area contributed by atoms with Crippen LogP contribution in [0.15, 0.2) is 12.2 Å². The number of rotatable bonds is 7. The minimum absolute atomic E-state index is 0.0763. The highest BCUT2D eigenvalue weighted by Gasteiger charge is 2.10. The third kappa shape index (κ3) is 6.86. The first-order valence-corrected chi connectivity index (χ1v) is 5.36. The molecule has 0 aliphatic carbocycles. The number of carbonyl (C=O) groups excluding carboxylic acids is 1. The van der Waals surface area contributed by atoms with Gasteiger partial charge in [-0.2, -0.15) is 0 Å². The highest BCUT2D eigenvalue weighted by atomic mass is 16.4. The van der Waals surface area contributed by atoms with E-state index < -0.39 is 5.97 Å². The standard InChI is InChI=1S/C11H20N2O3/c1-4-13(8-9(2)3)11(16)12-7-5-6-10(14)15/h2,4-8H2,1,3H3,(H,12,16)(H,14,15). The summed E-state index contributed by atoms with van der Waals surface area (Å²) in [6, 6.07) is -0.170. The van der Waals surface area contributed by atoms with Gasteiger partial charge in [-0.25, -0.2) is 4.79 Å². The molecule has 0 aromatic carbocycles. The summed E-state index contributed by atoms with van der Waals surface area (Å²) in [7, 11) is 0. The minimum Gasteiger partial charge on any atom is -0.481 e. The number of aliphatic carboxylic acids is 1. The van der Waals surface area contributed by atoms with E-state index in [1.807, 2.05) is 13.8 Å². The van der Waals surface area contributed by atoms with Crippen molar-refractivity contribution >= 4 is 12.0 Å². The molecule has 0 aromatic heterocycles. The monoisotopic (exact) mass is 228 g/mol. The molecule has 0 radical (unpaired) electrons. The lowest BCUT2D eigenvalue weighted by Gasteiger charge is -2.21. The fourth-order valence-corrected chi connectivity index (χ4v) is 1.20. The van der Waals surface area contributed by atoms with Crippen molar-refractivity contribution in [1.82, 2.24) is 10.2 Å². The maximum Gasteiger partial charge on any atom is 0.317 e. The largest absolute Gasteiger partial charge is 0.481 e. The van der Waals surface area contributed by atoms with Crippen LogP contribution in [0.3, 0.4) is 0 Å². The number of carboxylic acid groups (broad SMARTS) is 1. The lowest BCUT2D eigenvalue weighted by Crippen LogP contribution is -2.41. The van der Waals surface area contributed by atoms with Crippen LogP contribution in [0.2, 0.25) is 0 Å². The summed E-state index contributed by atoms with van der Waals surface area (Å²) in [6.45, 7) is 9.02. The van der Waals surface area contributed by atoms with E-state index in [1.165, 1.54) is 0 Å². The second-order valence-electron chi connectivity index (χ2n) is 3.70. The van der Waals surface area contributed by atoms with Crippen molar-refractivity contribution in [3.8, 4) is 0 Å². The number of carboxylic acids is 1. The van der Waals surface area contributed by atoms with Gasteiger partial charge < -0.3 is 15.3 Å².